The number of para-hydroxylation sites is 1. The number of rotatable bonds is 6. The van der Waals surface area contributed by atoms with Gasteiger partial charge in [0.05, 0.1) is 23.8 Å². The number of hydrogen-bond donors (Lipinski definition) is 1. The van der Waals surface area contributed by atoms with Crippen LogP contribution in [0.3, 0.4) is 0 Å². The number of carbonyl (C=O) groups excluding carboxylic acids is 1. The molecule has 0 radical (unpaired) electrons. The number of ether oxygens (including phenoxy) is 2. The molecule has 3 rings (SSSR count). The minimum absolute atomic E-state index is 0.166. The molecule has 1 heterocycles. The standard InChI is InChI=1S/C20H20N2O3S/c1-3-24-16-11-10-14(17(13-16)25-4-2)12-18-19(23)22-20(26-18)21-15-8-6-5-7-9-15/h5-13H,3-4H2,1-2H3,(H,21,22,23)/b18-12-. The van der Waals surface area contributed by atoms with Crippen LogP contribution in [0.25, 0.3) is 6.08 Å². The summed E-state index contributed by atoms with van der Waals surface area (Å²) in [5.74, 6) is 1.27. The van der Waals surface area contributed by atoms with E-state index in [-0.39, 0.29) is 5.91 Å². The Bertz CT molecular complexity index is 847. The Morgan fingerprint density at radius 3 is 2.58 bits per heavy atom. The van der Waals surface area contributed by atoms with Crippen molar-refractivity contribution in [2.45, 2.75) is 13.8 Å². The Morgan fingerprint density at radius 1 is 1.08 bits per heavy atom. The van der Waals surface area contributed by atoms with Gasteiger partial charge < -0.3 is 14.8 Å². The monoisotopic (exact) mass is 368 g/mol. The zero-order chi connectivity index (χ0) is 18.4. The second-order valence-electron chi connectivity index (χ2n) is 5.38. The van der Waals surface area contributed by atoms with Crippen molar-refractivity contribution >= 4 is 34.6 Å². The molecule has 1 fully saturated rings. The Hall–Kier alpha value is -2.73. The molecule has 1 aliphatic rings. The molecule has 1 N–H and O–H groups in total. The van der Waals surface area contributed by atoms with Gasteiger partial charge in [-0.2, -0.15) is 0 Å². The van der Waals surface area contributed by atoms with E-state index in [9.17, 15) is 4.79 Å². The topological polar surface area (TPSA) is 59.9 Å². The van der Waals surface area contributed by atoms with Crippen molar-refractivity contribution in [1.82, 2.24) is 5.32 Å². The highest BCUT2D eigenvalue weighted by Crippen LogP contribution is 2.32. The van der Waals surface area contributed by atoms with Crippen LogP contribution in [0.15, 0.2) is 58.4 Å². The third-order valence-corrected chi connectivity index (χ3v) is 4.43. The number of nitrogens with one attached hydrogen (secondary N) is 1. The van der Waals surface area contributed by atoms with Gasteiger partial charge in [-0.25, -0.2) is 4.99 Å². The summed E-state index contributed by atoms with van der Waals surface area (Å²) in [5, 5.41) is 3.36. The summed E-state index contributed by atoms with van der Waals surface area (Å²) < 4.78 is 11.2. The van der Waals surface area contributed by atoms with Crippen LogP contribution in [-0.4, -0.2) is 24.3 Å². The molecule has 6 heteroatoms. The van der Waals surface area contributed by atoms with Crippen LogP contribution in [0.5, 0.6) is 11.5 Å². The third kappa shape index (κ3) is 4.46. The summed E-state index contributed by atoms with van der Waals surface area (Å²) >= 11 is 1.31. The van der Waals surface area contributed by atoms with Crippen LogP contribution in [-0.2, 0) is 4.79 Å². The van der Waals surface area contributed by atoms with E-state index in [0.717, 1.165) is 17.0 Å². The zero-order valence-corrected chi connectivity index (χ0v) is 15.5. The van der Waals surface area contributed by atoms with E-state index >= 15 is 0 Å². The summed E-state index contributed by atoms with van der Waals surface area (Å²) in [4.78, 5) is 17.3. The van der Waals surface area contributed by atoms with Gasteiger partial charge in [-0.1, -0.05) is 18.2 Å². The molecule has 0 aromatic heterocycles. The molecule has 2 aromatic carbocycles. The number of aliphatic imine (C=N–C) groups is 1. The number of amidine groups is 1. The Kier molecular flexibility index (Phi) is 5.96. The van der Waals surface area contributed by atoms with E-state index in [2.05, 4.69) is 10.3 Å². The maximum absolute atomic E-state index is 12.3. The van der Waals surface area contributed by atoms with Crippen molar-refractivity contribution in [2.24, 2.45) is 4.99 Å². The fourth-order valence-corrected chi connectivity index (χ4v) is 3.25. The summed E-state index contributed by atoms with van der Waals surface area (Å²) in [6, 6.07) is 15.1. The van der Waals surface area contributed by atoms with Gasteiger partial charge in [0.15, 0.2) is 5.17 Å². The summed E-state index contributed by atoms with van der Waals surface area (Å²) in [5.41, 5.74) is 1.63. The summed E-state index contributed by atoms with van der Waals surface area (Å²) in [6.07, 6.45) is 1.81. The van der Waals surface area contributed by atoms with Gasteiger partial charge in [-0.3, -0.25) is 4.79 Å². The summed E-state index contributed by atoms with van der Waals surface area (Å²) in [7, 11) is 0. The van der Waals surface area contributed by atoms with Crippen LogP contribution in [0.4, 0.5) is 5.69 Å². The largest absolute Gasteiger partial charge is 0.494 e. The first-order valence-electron chi connectivity index (χ1n) is 8.44. The quantitative estimate of drug-likeness (QED) is 0.769. The van der Waals surface area contributed by atoms with E-state index in [1.54, 1.807) is 0 Å². The number of amides is 1. The number of hydrogen-bond acceptors (Lipinski definition) is 5. The van der Waals surface area contributed by atoms with Crippen molar-refractivity contribution in [1.29, 1.82) is 0 Å². The number of nitrogens with zero attached hydrogens (tertiary/aromatic N) is 1. The second kappa shape index (κ2) is 8.58. The minimum Gasteiger partial charge on any atom is -0.494 e. The lowest BCUT2D eigenvalue weighted by molar-refractivity contribution is -0.115. The molecule has 0 unspecified atom stereocenters. The molecule has 0 aliphatic carbocycles. The molecular weight excluding hydrogens is 348 g/mol. The van der Waals surface area contributed by atoms with Crippen molar-refractivity contribution < 1.29 is 14.3 Å². The van der Waals surface area contributed by atoms with Crippen molar-refractivity contribution in [2.75, 3.05) is 13.2 Å². The molecule has 0 atom stereocenters. The SMILES string of the molecule is CCOc1ccc(/C=C2\SC(=Nc3ccccc3)NC2=O)c(OCC)c1. The Morgan fingerprint density at radius 2 is 1.85 bits per heavy atom. The molecule has 0 spiro atoms. The van der Waals surface area contributed by atoms with Gasteiger partial charge in [0.1, 0.15) is 11.5 Å². The van der Waals surface area contributed by atoms with Crippen molar-refractivity contribution in [3.8, 4) is 11.5 Å². The third-order valence-electron chi connectivity index (χ3n) is 3.52. The van der Waals surface area contributed by atoms with E-state index in [1.807, 2.05) is 68.5 Å². The van der Waals surface area contributed by atoms with Crippen LogP contribution >= 0.6 is 11.8 Å². The lowest BCUT2D eigenvalue weighted by atomic mass is 10.1. The normalized spacial score (nSPS) is 16.8. The number of benzene rings is 2. The Balaban J connectivity index is 1.85. The molecule has 1 saturated heterocycles. The highest BCUT2D eigenvalue weighted by atomic mass is 32.2. The fraction of sp³-hybridized carbons (Fsp3) is 0.200. The molecule has 134 valence electrons. The van der Waals surface area contributed by atoms with Gasteiger partial charge in [0.2, 0.25) is 0 Å². The van der Waals surface area contributed by atoms with Crippen LogP contribution in [0.1, 0.15) is 19.4 Å². The van der Waals surface area contributed by atoms with Crippen LogP contribution < -0.4 is 14.8 Å². The Labute approximate surface area is 157 Å². The first-order chi connectivity index (χ1) is 12.7. The van der Waals surface area contributed by atoms with E-state index < -0.39 is 0 Å². The molecule has 0 saturated carbocycles. The highest BCUT2D eigenvalue weighted by molar-refractivity contribution is 8.18. The maximum atomic E-state index is 12.3. The average Bonchev–Trinajstić information content (AvgIpc) is 2.97. The molecule has 0 bridgehead atoms. The highest BCUT2D eigenvalue weighted by Gasteiger charge is 2.24. The van der Waals surface area contributed by atoms with Crippen molar-refractivity contribution in [3.63, 3.8) is 0 Å². The molecule has 2 aromatic rings. The predicted octanol–water partition coefficient (Wildman–Crippen LogP) is 4.38. The number of thioether (sulfide) groups is 1. The van der Waals surface area contributed by atoms with Crippen LogP contribution in [0, 0.1) is 0 Å². The average molecular weight is 368 g/mol. The predicted molar refractivity (Wildman–Crippen MR) is 106 cm³/mol. The molecule has 26 heavy (non-hydrogen) atoms. The lowest BCUT2D eigenvalue weighted by Crippen LogP contribution is -2.19. The molecule has 1 amide bonds. The minimum atomic E-state index is -0.166. The van der Waals surface area contributed by atoms with Crippen LogP contribution in [0.2, 0.25) is 0 Å². The zero-order valence-electron chi connectivity index (χ0n) is 14.7. The smallest absolute Gasteiger partial charge is 0.264 e. The van der Waals surface area contributed by atoms with Gasteiger partial charge in [0, 0.05) is 11.6 Å². The van der Waals surface area contributed by atoms with Gasteiger partial charge in [0.25, 0.3) is 5.91 Å². The second-order valence-corrected chi connectivity index (χ2v) is 6.41. The molecule has 5 nitrogen and oxygen atoms in total. The van der Waals surface area contributed by atoms with Gasteiger partial charge >= 0.3 is 0 Å². The van der Waals surface area contributed by atoms with Crippen molar-refractivity contribution in [3.05, 3.63) is 59.0 Å². The first-order valence-corrected chi connectivity index (χ1v) is 9.25. The molecular formula is C20H20N2O3S. The van der Waals surface area contributed by atoms with E-state index in [4.69, 9.17) is 9.47 Å². The van der Waals surface area contributed by atoms with Gasteiger partial charge in [-0.05, 0) is 56.0 Å². The maximum Gasteiger partial charge on any atom is 0.264 e. The number of carbonyl (C=O) groups is 1. The lowest BCUT2D eigenvalue weighted by Gasteiger charge is -2.10. The van der Waals surface area contributed by atoms with E-state index in [0.29, 0.717) is 29.0 Å². The summed E-state index contributed by atoms with van der Waals surface area (Å²) in [6.45, 7) is 4.98. The first kappa shape index (κ1) is 18.1. The molecule has 1 aliphatic heterocycles. The van der Waals surface area contributed by atoms with Gasteiger partial charge in [-0.15, -0.1) is 0 Å². The fourth-order valence-electron chi connectivity index (χ4n) is 2.41. The van der Waals surface area contributed by atoms with E-state index in [1.165, 1.54) is 11.8 Å².